The largest absolute Gasteiger partial charge is 0.350 e. The fraction of sp³-hybridized carbons (Fsp3) is 0.0870. The third-order valence-corrected chi connectivity index (χ3v) is 4.92. The van der Waals surface area contributed by atoms with Gasteiger partial charge in [-0.05, 0) is 47.9 Å². The number of fused-ring (bicyclic) bond motifs is 1. The Kier molecular flexibility index (Phi) is 4.72. The highest BCUT2D eigenvalue weighted by Gasteiger charge is 2.11. The van der Waals surface area contributed by atoms with Crippen LogP contribution in [0.2, 0.25) is 0 Å². The zero-order valence-corrected chi connectivity index (χ0v) is 15.7. The van der Waals surface area contributed by atoms with Crippen LogP contribution in [0.3, 0.4) is 0 Å². The van der Waals surface area contributed by atoms with Crippen molar-refractivity contribution in [3.63, 3.8) is 0 Å². The second kappa shape index (κ2) is 7.48. The molecule has 0 bridgehead atoms. The lowest BCUT2D eigenvalue weighted by Crippen LogP contribution is -2.38. The Balaban J connectivity index is 1.56. The average molecular weight is 368 g/mol. The van der Waals surface area contributed by atoms with Crippen LogP contribution in [0.1, 0.15) is 16.7 Å². The van der Waals surface area contributed by atoms with Gasteiger partial charge in [0.05, 0.1) is 10.7 Å². The lowest BCUT2D eigenvalue weighted by molar-refractivity contribution is -0.114. The second-order valence-electron chi connectivity index (χ2n) is 6.88. The number of aromatic nitrogens is 1. The van der Waals surface area contributed by atoms with Gasteiger partial charge in [-0.2, -0.15) is 0 Å². The van der Waals surface area contributed by atoms with E-state index in [1.807, 2.05) is 18.2 Å². The van der Waals surface area contributed by atoms with Crippen LogP contribution in [-0.2, 0) is 6.54 Å². The molecule has 0 radical (unpaired) electrons. The van der Waals surface area contributed by atoms with Gasteiger partial charge in [0.25, 0.3) is 0 Å². The Labute approximate surface area is 163 Å². The first kappa shape index (κ1) is 17.7. The normalized spacial score (nSPS) is 11.3. The predicted octanol–water partition coefficient (Wildman–Crippen LogP) is 3.50. The summed E-state index contributed by atoms with van der Waals surface area (Å²) in [6.45, 7) is 2.91. The van der Waals surface area contributed by atoms with E-state index in [1.165, 1.54) is 22.3 Å². The molecule has 4 aromatic rings. The lowest BCUT2D eigenvalue weighted by atomic mass is 10.0. The van der Waals surface area contributed by atoms with Gasteiger partial charge >= 0.3 is 5.84 Å². The van der Waals surface area contributed by atoms with E-state index in [4.69, 9.17) is 11.3 Å². The second-order valence-corrected chi connectivity index (χ2v) is 6.88. The van der Waals surface area contributed by atoms with Gasteiger partial charge in [0.2, 0.25) is 0 Å². The van der Waals surface area contributed by atoms with E-state index in [9.17, 15) is 0 Å². The molecule has 5 nitrogen and oxygen atoms in total. The van der Waals surface area contributed by atoms with Crippen LogP contribution in [0.15, 0.2) is 89.3 Å². The van der Waals surface area contributed by atoms with Crippen LogP contribution in [0, 0.1) is 6.92 Å². The van der Waals surface area contributed by atoms with Crippen LogP contribution in [0.25, 0.3) is 22.0 Å². The molecule has 4 rings (SSSR count). The zero-order chi connectivity index (χ0) is 19.5. The van der Waals surface area contributed by atoms with Crippen molar-refractivity contribution in [2.45, 2.75) is 13.5 Å². The van der Waals surface area contributed by atoms with Crippen LogP contribution >= 0.6 is 0 Å². The van der Waals surface area contributed by atoms with Crippen LogP contribution in [0.5, 0.6) is 0 Å². The smallest absolute Gasteiger partial charge is 0.343 e. The van der Waals surface area contributed by atoms with Crippen molar-refractivity contribution in [1.82, 2.24) is 4.57 Å². The molecule has 3 aromatic carbocycles. The first-order valence-corrected chi connectivity index (χ1v) is 9.12. The van der Waals surface area contributed by atoms with Crippen LogP contribution < -0.4 is 11.3 Å². The molecule has 138 valence electrons. The van der Waals surface area contributed by atoms with E-state index in [0.717, 1.165) is 23.0 Å². The van der Waals surface area contributed by atoms with E-state index in [1.54, 1.807) is 0 Å². The van der Waals surface area contributed by atoms with Gasteiger partial charge in [-0.15, -0.1) is 0 Å². The van der Waals surface area contributed by atoms with Gasteiger partial charge in [-0.25, -0.2) is 0 Å². The number of aryl methyl sites for hydroxylation is 1. The highest BCUT2D eigenvalue weighted by atomic mass is 15.3. The number of hydrogen-bond acceptors (Lipinski definition) is 1. The molecule has 0 saturated carbocycles. The van der Waals surface area contributed by atoms with E-state index >= 15 is 0 Å². The third kappa shape index (κ3) is 3.55. The molecule has 1 heterocycles. The van der Waals surface area contributed by atoms with Gasteiger partial charge in [-0.1, -0.05) is 54.1 Å². The summed E-state index contributed by atoms with van der Waals surface area (Å²) < 4.78 is 2.22. The van der Waals surface area contributed by atoms with Crippen LogP contribution in [-0.4, -0.2) is 10.4 Å². The molecule has 28 heavy (non-hydrogen) atoms. The maximum Gasteiger partial charge on any atom is 0.350 e. The third-order valence-electron chi connectivity index (χ3n) is 4.92. The van der Waals surface area contributed by atoms with Crippen molar-refractivity contribution in [3.8, 4) is 11.1 Å². The molecular formula is C23H22N5+. The molecule has 5 heteroatoms. The highest BCUT2D eigenvalue weighted by molar-refractivity contribution is 5.98. The van der Waals surface area contributed by atoms with Crippen molar-refractivity contribution >= 4 is 16.7 Å². The summed E-state index contributed by atoms with van der Waals surface area (Å²) >= 11 is 0. The molecule has 0 aliphatic rings. The molecule has 0 atom stereocenters. The van der Waals surface area contributed by atoms with Crippen molar-refractivity contribution in [3.05, 3.63) is 95.7 Å². The number of nitrogens with zero attached hydrogens (tertiary/aromatic N) is 3. The zero-order valence-electron chi connectivity index (χ0n) is 15.7. The fourth-order valence-corrected chi connectivity index (χ4v) is 3.36. The minimum Gasteiger partial charge on any atom is -0.343 e. The molecule has 0 aliphatic carbocycles. The summed E-state index contributed by atoms with van der Waals surface area (Å²) in [6, 6.07) is 25.4. The van der Waals surface area contributed by atoms with E-state index in [2.05, 4.69) is 82.6 Å². The molecule has 0 spiro atoms. The number of benzene rings is 3. The van der Waals surface area contributed by atoms with Crippen molar-refractivity contribution in [2.75, 3.05) is 0 Å². The average Bonchev–Trinajstić information content (AvgIpc) is 3.11. The first-order valence-electron chi connectivity index (χ1n) is 9.12. The summed E-state index contributed by atoms with van der Waals surface area (Å²) in [7, 11) is 0. The van der Waals surface area contributed by atoms with Crippen molar-refractivity contribution < 1.29 is 5.41 Å². The van der Waals surface area contributed by atoms with Gasteiger partial charge in [0.1, 0.15) is 0 Å². The Hall–Kier alpha value is -3.73. The highest BCUT2D eigenvalue weighted by Crippen LogP contribution is 2.22. The van der Waals surface area contributed by atoms with Crippen LogP contribution in [0.4, 0.5) is 0 Å². The Morgan fingerprint density at radius 2 is 1.61 bits per heavy atom. The number of hydrogen-bond donors (Lipinski definition) is 2. The topological polar surface area (TPSA) is 81.3 Å². The number of rotatable bonds is 4. The minimum absolute atomic E-state index is 0.309. The first-order chi connectivity index (χ1) is 13.6. The van der Waals surface area contributed by atoms with Crippen molar-refractivity contribution in [2.24, 2.45) is 16.2 Å². The molecule has 4 N–H and O–H groups in total. The van der Waals surface area contributed by atoms with E-state index < -0.39 is 0 Å². The minimum atomic E-state index is 0.309. The molecule has 0 fully saturated rings. The molecule has 0 amide bonds. The Bertz CT molecular complexity index is 1150. The summed E-state index contributed by atoms with van der Waals surface area (Å²) in [5.74, 6) is 5.39. The van der Waals surface area contributed by atoms with Gasteiger partial charge in [-0.3, -0.25) is 11.3 Å². The van der Waals surface area contributed by atoms with Crippen molar-refractivity contribution in [1.29, 1.82) is 0 Å². The predicted molar refractivity (Wildman–Crippen MR) is 113 cm³/mol. The number of amidine groups is 1. The van der Waals surface area contributed by atoms with E-state index in [0.29, 0.717) is 5.84 Å². The maximum absolute atomic E-state index is 5.87. The summed E-state index contributed by atoms with van der Waals surface area (Å²) in [5.41, 5.74) is 6.94. The molecule has 0 aliphatic heterocycles. The SMILES string of the molecule is Cc1ccc(-c2ccc(Cn3ccc4cc(C(=[NH2+])N=NN)ccc43)cc2)cc1. The Morgan fingerprint density at radius 3 is 2.29 bits per heavy atom. The lowest BCUT2D eigenvalue weighted by Gasteiger charge is -2.08. The summed E-state index contributed by atoms with van der Waals surface area (Å²) in [5, 5.41) is 13.9. The molecular weight excluding hydrogens is 346 g/mol. The maximum atomic E-state index is 5.87. The summed E-state index contributed by atoms with van der Waals surface area (Å²) in [6.07, 6.45) is 2.09. The number of nitrogens with two attached hydrogens (primary N) is 2. The monoisotopic (exact) mass is 368 g/mol. The van der Waals surface area contributed by atoms with Gasteiger partial charge < -0.3 is 4.57 Å². The molecule has 1 aromatic heterocycles. The standard InChI is InChI=1S/C23H21N5/c1-16-2-6-18(7-3-16)19-8-4-17(5-9-19)15-28-13-12-20-14-21(10-11-22(20)28)23(24)26-27-25/h2-14H,15H2,1H3,(H3,24,25,26)/p+1. The fourth-order valence-electron chi connectivity index (χ4n) is 3.36. The van der Waals surface area contributed by atoms with Gasteiger partial charge in [0, 0.05) is 28.9 Å². The Morgan fingerprint density at radius 1 is 0.929 bits per heavy atom. The van der Waals surface area contributed by atoms with Gasteiger partial charge in [0.15, 0.2) is 0 Å². The molecule has 0 saturated heterocycles. The van der Waals surface area contributed by atoms with E-state index in [-0.39, 0.29) is 0 Å². The summed E-state index contributed by atoms with van der Waals surface area (Å²) in [4.78, 5) is 0. The quantitative estimate of drug-likeness (QED) is 0.187. The molecule has 0 unspecified atom stereocenters.